The van der Waals surface area contributed by atoms with Crippen LogP contribution in [0.25, 0.3) is 32.6 Å². The van der Waals surface area contributed by atoms with Gasteiger partial charge in [-0.05, 0) is 97.6 Å². The first-order valence-electron chi connectivity index (χ1n) is 27.2. The number of piperidine rings is 1. The number of aryl methyl sites for hydroxylation is 1. The van der Waals surface area contributed by atoms with Gasteiger partial charge in [-0.15, -0.1) is 11.3 Å². The first-order chi connectivity index (χ1) is 38.3. The number of pyridine rings is 1. The number of rotatable bonds is 17. The minimum Gasteiger partial charge on any atom is -0.449 e. The molecule has 3 amide bonds. The monoisotopic (exact) mass is 1140 g/mol. The Labute approximate surface area is 467 Å². The van der Waals surface area contributed by atoms with E-state index in [1.54, 1.807) is 23.6 Å². The van der Waals surface area contributed by atoms with Crippen molar-refractivity contribution in [2.24, 2.45) is 11.3 Å². The van der Waals surface area contributed by atoms with Gasteiger partial charge in [-0.1, -0.05) is 57.2 Å². The third-order valence-electron chi connectivity index (χ3n) is 15.7. The number of hydrogen-bond donors (Lipinski definition) is 5. The number of aliphatic hydroxyl groups excluding tert-OH is 1. The number of halogens is 3. The van der Waals surface area contributed by atoms with E-state index in [4.69, 9.17) is 4.74 Å². The van der Waals surface area contributed by atoms with Gasteiger partial charge < -0.3 is 35.3 Å². The van der Waals surface area contributed by atoms with Crippen LogP contribution in [0, 0.1) is 29.9 Å². The molecule has 0 aliphatic carbocycles. The molecule has 4 fully saturated rings. The number of nitrogens with zero attached hydrogens (tertiary/aromatic N) is 7. The summed E-state index contributed by atoms with van der Waals surface area (Å²) in [6.45, 7) is 13.6. The molecule has 3 aromatic heterocycles. The predicted octanol–water partition coefficient (Wildman–Crippen LogP) is 7.08. The Bertz CT molecular complexity index is 3310. The maximum atomic E-state index is 15.7. The molecule has 18 nitrogen and oxygen atoms in total. The second kappa shape index (κ2) is 23.8. The van der Waals surface area contributed by atoms with Crippen molar-refractivity contribution in [1.29, 1.82) is 0 Å². The number of hydrogen-bond acceptors (Lipinski definition) is 13. The summed E-state index contributed by atoms with van der Waals surface area (Å²) in [4.78, 5) is 62.8. The molecule has 4 aliphatic rings. The van der Waals surface area contributed by atoms with Crippen LogP contribution in [0.1, 0.15) is 57.7 Å². The maximum Gasteiger partial charge on any atom is 0.301 e. The molecule has 0 radical (unpaired) electrons. The van der Waals surface area contributed by atoms with Crippen molar-refractivity contribution < 1.29 is 45.8 Å². The van der Waals surface area contributed by atoms with E-state index in [-0.39, 0.29) is 69.0 Å². The van der Waals surface area contributed by atoms with Crippen LogP contribution in [0.5, 0.6) is 11.5 Å². The number of alkyl halides is 1. The van der Waals surface area contributed by atoms with Crippen molar-refractivity contribution in [3.63, 3.8) is 0 Å². The number of thiazole rings is 1. The number of fused-ring (bicyclic) bond motifs is 1. The lowest BCUT2D eigenvalue weighted by atomic mass is 9.85. The SMILES string of the molecule is Cc1ncsc1-c1ccc(CNC(=O)[C@@H]2C[C@@H](O)CN2C(=O)[C@@H](NC(=O)CN2CCC(CN3CCN(c4ccc(-c5cnc6[nH]cc(Oc7c(F)ccc(NS(=O)(=O)N8CC[C@@H](F)C8)c7F)c6c5)cc4)CC3)CC2)C(C)(C)C)cc1. The molecule has 426 valence electrons. The second-order valence-corrected chi connectivity index (χ2v) is 25.0. The van der Waals surface area contributed by atoms with Gasteiger partial charge in [0.2, 0.25) is 23.5 Å². The zero-order valence-electron chi connectivity index (χ0n) is 45.3. The molecule has 0 bridgehead atoms. The van der Waals surface area contributed by atoms with Crippen molar-refractivity contribution in [2.75, 3.05) is 81.6 Å². The molecular formula is C57H68F3N11O7S2. The third kappa shape index (κ3) is 12.9. The zero-order chi connectivity index (χ0) is 56.5. The van der Waals surface area contributed by atoms with E-state index in [1.807, 2.05) is 69.6 Å². The number of aromatic amines is 1. The van der Waals surface area contributed by atoms with E-state index in [2.05, 4.69) is 57.1 Å². The predicted molar refractivity (Wildman–Crippen MR) is 301 cm³/mol. The Hall–Kier alpha value is -6.63. The number of aromatic nitrogens is 3. The fourth-order valence-corrected chi connectivity index (χ4v) is 13.2. The number of nitrogens with one attached hydrogen (secondary N) is 4. The number of carbonyl (C=O) groups is 3. The highest BCUT2D eigenvalue weighted by atomic mass is 32.2. The zero-order valence-corrected chi connectivity index (χ0v) is 46.9. The summed E-state index contributed by atoms with van der Waals surface area (Å²) >= 11 is 1.57. The van der Waals surface area contributed by atoms with Gasteiger partial charge in [-0.2, -0.15) is 12.7 Å². The lowest BCUT2D eigenvalue weighted by Crippen LogP contribution is -2.59. The van der Waals surface area contributed by atoms with E-state index in [9.17, 15) is 32.3 Å². The second-order valence-electron chi connectivity index (χ2n) is 22.5. The summed E-state index contributed by atoms with van der Waals surface area (Å²) in [6, 6.07) is 17.9. The standard InChI is InChI=1S/C57H68F3N11O7S2/c1-35-52(79-34-64-35)39-7-5-36(6-8-39)27-63-55(74)47-26-43(72)32-71(47)56(75)53(57(2,3)4)65-49(73)33-67-18-15-37(16-19-67)30-68-21-23-69(24-22-68)42-11-9-38(10-12-42)40-25-44-48(29-62-54(44)61-28-40)78-51-45(59)13-14-46(50(51)60)66-80(76,77)70-20-17-41(58)31-70/h5-14,25,28-29,34,37,41,43,47,53,66,72H,15-24,26-27,30-33H2,1-4H3,(H,61,62)(H,63,74)(H,65,73)/t41-,43-,47+,53-/m1/s1. The number of ether oxygens (including phenoxy) is 1. The van der Waals surface area contributed by atoms with Crippen molar-refractivity contribution in [3.8, 4) is 33.1 Å². The molecule has 4 aliphatic heterocycles. The lowest BCUT2D eigenvalue weighted by molar-refractivity contribution is -0.144. The third-order valence-corrected chi connectivity index (χ3v) is 18.1. The minimum atomic E-state index is -4.30. The van der Waals surface area contributed by atoms with Crippen LogP contribution in [0.15, 0.2) is 84.6 Å². The van der Waals surface area contributed by atoms with E-state index in [0.717, 1.165) is 114 Å². The normalized spacial score (nSPS) is 20.3. The molecule has 0 saturated carbocycles. The van der Waals surface area contributed by atoms with E-state index < -0.39 is 63.1 Å². The first-order valence-corrected chi connectivity index (χ1v) is 29.5. The number of amides is 3. The van der Waals surface area contributed by atoms with E-state index >= 15 is 8.78 Å². The Morgan fingerprint density at radius 3 is 2.29 bits per heavy atom. The number of likely N-dealkylation sites (tertiary alicyclic amines) is 2. The number of anilines is 2. The van der Waals surface area contributed by atoms with Crippen LogP contribution in [-0.2, 0) is 31.1 Å². The number of carbonyl (C=O) groups excluding carboxylic acids is 3. The molecule has 5 N–H and O–H groups in total. The van der Waals surface area contributed by atoms with Crippen LogP contribution >= 0.6 is 11.3 Å². The van der Waals surface area contributed by atoms with Gasteiger partial charge in [0.15, 0.2) is 17.4 Å². The Morgan fingerprint density at radius 2 is 1.61 bits per heavy atom. The number of β-amino-alcohol motifs (C(OH)–C–C–N with tert-alkyl or cyclic N) is 1. The van der Waals surface area contributed by atoms with Gasteiger partial charge in [0.05, 0.1) is 39.8 Å². The largest absolute Gasteiger partial charge is 0.449 e. The van der Waals surface area contributed by atoms with Crippen molar-refractivity contribution >= 4 is 61.7 Å². The molecule has 3 aromatic carbocycles. The summed E-state index contributed by atoms with van der Waals surface area (Å²) in [7, 11) is -4.30. The summed E-state index contributed by atoms with van der Waals surface area (Å²) < 4.78 is 78.8. The Morgan fingerprint density at radius 1 is 0.887 bits per heavy atom. The summed E-state index contributed by atoms with van der Waals surface area (Å²) in [5.41, 5.74) is 6.61. The van der Waals surface area contributed by atoms with Gasteiger partial charge in [0.25, 0.3) is 0 Å². The number of benzene rings is 3. The smallest absolute Gasteiger partial charge is 0.301 e. The Kier molecular flexibility index (Phi) is 16.9. The molecule has 0 spiro atoms. The molecule has 4 atom stereocenters. The Balaban J connectivity index is 0.671. The van der Waals surface area contributed by atoms with Crippen molar-refractivity contribution in [2.45, 2.75) is 84.3 Å². The summed E-state index contributed by atoms with van der Waals surface area (Å²) in [5.74, 6) is -3.56. The van der Waals surface area contributed by atoms with E-state index in [1.165, 1.54) is 11.1 Å². The molecule has 10 rings (SSSR count). The molecule has 6 aromatic rings. The van der Waals surface area contributed by atoms with Crippen molar-refractivity contribution in [1.82, 2.24) is 44.6 Å². The fourth-order valence-electron chi connectivity index (χ4n) is 11.1. The van der Waals surface area contributed by atoms with Crippen LogP contribution in [0.3, 0.4) is 0 Å². The average Bonchev–Trinajstić information content (AvgIpc) is 4.27. The molecule has 0 unspecified atom stereocenters. The quantitative estimate of drug-likeness (QED) is 0.0621. The van der Waals surface area contributed by atoms with Crippen molar-refractivity contribution in [3.05, 3.63) is 108 Å². The highest BCUT2D eigenvalue weighted by molar-refractivity contribution is 7.90. The molecule has 80 heavy (non-hydrogen) atoms. The van der Waals surface area contributed by atoms with Gasteiger partial charge in [0, 0.05) is 89.0 Å². The van der Waals surface area contributed by atoms with Crippen LogP contribution in [0.2, 0.25) is 0 Å². The van der Waals surface area contributed by atoms with Crippen LogP contribution < -0.4 is 25.0 Å². The maximum absolute atomic E-state index is 15.7. The summed E-state index contributed by atoms with van der Waals surface area (Å²) in [5, 5.41) is 17.1. The highest BCUT2D eigenvalue weighted by Gasteiger charge is 2.45. The first kappa shape index (κ1) is 56.6. The number of piperazine rings is 1. The minimum absolute atomic E-state index is 0.00502. The van der Waals surface area contributed by atoms with Gasteiger partial charge >= 0.3 is 10.2 Å². The molecule has 23 heteroatoms. The van der Waals surface area contributed by atoms with Gasteiger partial charge in [-0.25, -0.2) is 23.1 Å². The molecule has 7 heterocycles. The van der Waals surface area contributed by atoms with Gasteiger partial charge in [0.1, 0.15) is 23.9 Å². The average molecular weight is 1140 g/mol. The highest BCUT2D eigenvalue weighted by Crippen LogP contribution is 2.38. The van der Waals surface area contributed by atoms with E-state index in [0.29, 0.717) is 17.0 Å². The van der Waals surface area contributed by atoms with Gasteiger partial charge in [-0.3, -0.25) is 28.9 Å². The molecular weight excluding hydrogens is 1070 g/mol. The molecule has 4 saturated heterocycles. The topological polar surface area (TPSA) is 209 Å². The van der Waals surface area contributed by atoms with Crippen LogP contribution in [0.4, 0.5) is 24.5 Å². The van der Waals surface area contributed by atoms with Crippen LogP contribution in [-0.4, -0.2) is 162 Å². The lowest BCUT2D eigenvalue weighted by Gasteiger charge is -2.40. The summed E-state index contributed by atoms with van der Waals surface area (Å²) in [6.07, 6.45) is 2.95. The number of H-pyrrole nitrogens is 1. The fraction of sp³-hybridized carbons (Fsp3) is 0.456. The number of aliphatic hydroxyl groups is 1.